The van der Waals surface area contributed by atoms with E-state index in [0.717, 1.165) is 0 Å². The van der Waals surface area contributed by atoms with Gasteiger partial charge in [-0.3, -0.25) is 4.79 Å². The molecular formula is C11H13NOS. The molecule has 0 aliphatic rings. The number of carbonyl (C=O) groups is 1. The Morgan fingerprint density at radius 2 is 1.86 bits per heavy atom. The van der Waals surface area contributed by atoms with Crippen LogP contribution < -0.4 is 5.32 Å². The quantitative estimate of drug-likeness (QED) is 0.754. The summed E-state index contributed by atoms with van der Waals surface area (Å²) in [4.78, 5) is 12.1. The highest BCUT2D eigenvalue weighted by atomic mass is 32.1. The number of benzene rings is 1. The highest BCUT2D eigenvalue weighted by molar-refractivity contribution is 7.80. The molecule has 1 aromatic carbocycles. The first-order valence-corrected chi connectivity index (χ1v) is 4.92. The lowest BCUT2D eigenvalue weighted by Crippen LogP contribution is -2.32. The molecule has 3 heteroatoms. The van der Waals surface area contributed by atoms with Crippen LogP contribution in [0.5, 0.6) is 0 Å². The highest BCUT2D eigenvalue weighted by Crippen LogP contribution is 2.00. The fraction of sp³-hybridized carbons (Fsp3) is 0.273. The molecule has 74 valence electrons. The summed E-state index contributed by atoms with van der Waals surface area (Å²) in [7, 11) is 0. The molecule has 2 nitrogen and oxygen atoms in total. The van der Waals surface area contributed by atoms with Crippen LogP contribution in [0.3, 0.4) is 0 Å². The molecule has 0 radical (unpaired) electrons. The molecule has 1 rings (SSSR count). The summed E-state index contributed by atoms with van der Waals surface area (Å²) in [5.74, 6) is 0.0574. The predicted octanol–water partition coefficient (Wildman–Crippen LogP) is 2.40. The molecule has 1 N–H and O–H groups in total. The van der Waals surface area contributed by atoms with Gasteiger partial charge < -0.3 is 5.32 Å². The first-order chi connectivity index (χ1) is 6.61. The van der Waals surface area contributed by atoms with Crippen molar-refractivity contribution < 1.29 is 4.79 Å². The van der Waals surface area contributed by atoms with E-state index in [9.17, 15) is 4.79 Å². The smallest absolute Gasteiger partial charge is 0.256 e. The molecule has 0 spiro atoms. The van der Waals surface area contributed by atoms with Crippen LogP contribution in [-0.4, -0.2) is 10.9 Å². The zero-order chi connectivity index (χ0) is 10.6. The summed E-state index contributed by atoms with van der Waals surface area (Å²) in [5.41, 5.74) is 0.635. The van der Waals surface area contributed by atoms with Crippen LogP contribution in [0, 0.1) is 5.92 Å². The Bertz CT molecular complexity index is 332. The highest BCUT2D eigenvalue weighted by Gasteiger charge is 2.08. The van der Waals surface area contributed by atoms with Gasteiger partial charge in [-0.1, -0.05) is 44.3 Å². The number of amides is 1. The molecule has 1 aromatic rings. The van der Waals surface area contributed by atoms with E-state index in [0.29, 0.717) is 10.6 Å². The van der Waals surface area contributed by atoms with E-state index in [4.69, 9.17) is 12.2 Å². The number of thiocarbonyl (C=S) groups is 1. The SMILES string of the molecule is CC(C)C(=S)NC(=O)c1ccccc1. The molecule has 0 unspecified atom stereocenters. The standard InChI is InChI=1S/C11H13NOS/c1-8(2)11(14)12-10(13)9-6-4-3-5-7-9/h3-8H,1-2H3,(H,12,13,14). The van der Waals surface area contributed by atoms with Gasteiger partial charge in [-0.2, -0.15) is 0 Å². The minimum absolute atomic E-state index is 0.135. The zero-order valence-corrected chi connectivity index (χ0v) is 9.10. The van der Waals surface area contributed by atoms with Crippen molar-refractivity contribution >= 4 is 23.1 Å². The van der Waals surface area contributed by atoms with Crippen LogP contribution in [0.2, 0.25) is 0 Å². The lowest BCUT2D eigenvalue weighted by molar-refractivity contribution is 0.0976. The molecule has 0 saturated carbocycles. The number of carbonyl (C=O) groups excluding carboxylic acids is 1. The molecule has 0 aromatic heterocycles. The lowest BCUT2D eigenvalue weighted by atomic mass is 10.2. The molecule has 0 heterocycles. The number of hydrogen-bond donors (Lipinski definition) is 1. The van der Waals surface area contributed by atoms with Crippen LogP contribution in [-0.2, 0) is 0 Å². The van der Waals surface area contributed by atoms with Crippen LogP contribution in [0.1, 0.15) is 24.2 Å². The Hall–Kier alpha value is -1.22. The van der Waals surface area contributed by atoms with Crippen molar-refractivity contribution in [3.8, 4) is 0 Å². The van der Waals surface area contributed by atoms with E-state index >= 15 is 0 Å². The van der Waals surface area contributed by atoms with Crippen molar-refractivity contribution in [1.29, 1.82) is 0 Å². The van der Waals surface area contributed by atoms with Gasteiger partial charge in [0, 0.05) is 11.5 Å². The first-order valence-electron chi connectivity index (χ1n) is 4.51. The van der Waals surface area contributed by atoms with Crippen molar-refractivity contribution in [2.75, 3.05) is 0 Å². The summed E-state index contributed by atoms with van der Waals surface area (Å²) in [6.07, 6.45) is 0. The normalized spacial score (nSPS) is 9.93. The van der Waals surface area contributed by atoms with E-state index < -0.39 is 0 Å². The monoisotopic (exact) mass is 207 g/mol. The van der Waals surface area contributed by atoms with Crippen molar-refractivity contribution in [2.45, 2.75) is 13.8 Å². The fourth-order valence-electron chi connectivity index (χ4n) is 0.918. The predicted molar refractivity (Wildman–Crippen MR) is 61.3 cm³/mol. The van der Waals surface area contributed by atoms with Crippen molar-refractivity contribution in [3.05, 3.63) is 35.9 Å². The van der Waals surface area contributed by atoms with Crippen LogP contribution in [0.4, 0.5) is 0 Å². The summed E-state index contributed by atoms with van der Waals surface area (Å²) < 4.78 is 0. The van der Waals surface area contributed by atoms with Gasteiger partial charge >= 0.3 is 0 Å². The molecule has 0 saturated heterocycles. The minimum Gasteiger partial charge on any atom is -0.316 e. The molecule has 0 atom stereocenters. The Labute approximate surface area is 89.3 Å². The average molecular weight is 207 g/mol. The number of nitrogens with one attached hydrogen (secondary N) is 1. The maximum atomic E-state index is 11.6. The Balaban J connectivity index is 2.65. The second-order valence-corrected chi connectivity index (χ2v) is 3.78. The van der Waals surface area contributed by atoms with Gasteiger partial charge in [-0.15, -0.1) is 0 Å². The third-order valence-electron chi connectivity index (χ3n) is 1.80. The Morgan fingerprint density at radius 1 is 1.29 bits per heavy atom. The van der Waals surface area contributed by atoms with Gasteiger partial charge in [-0.25, -0.2) is 0 Å². The van der Waals surface area contributed by atoms with Crippen molar-refractivity contribution in [2.24, 2.45) is 5.92 Å². The van der Waals surface area contributed by atoms with E-state index in [1.54, 1.807) is 12.1 Å². The van der Waals surface area contributed by atoms with E-state index in [-0.39, 0.29) is 11.8 Å². The first kappa shape index (κ1) is 10.9. The average Bonchev–Trinajstić information content (AvgIpc) is 2.19. The summed E-state index contributed by atoms with van der Waals surface area (Å²) in [6, 6.07) is 9.05. The maximum Gasteiger partial charge on any atom is 0.256 e. The molecule has 0 aliphatic heterocycles. The van der Waals surface area contributed by atoms with E-state index in [2.05, 4.69) is 5.32 Å². The van der Waals surface area contributed by atoms with Crippen molar-refractivity contribution in [3.63, 3.8) is 0 Å². The van der Waals surface area contributed by atoms with Gasteiger partial charge in [0.25, 0.3) is 5.91 Å². The largest absolute Gasteiger partial charge is 0.316 e. The Morgan fingerprint density at radius 3 is 2.36 bits per heavy atom. The molecule has 0 aliphatic carbocycles. The summed E-state index contributed by atoms with van der Waals surface area (Å²) in [6.45, 7) is 3.90. The van der Waals surface area contributed by atoms with Gasteiger partial charge in [0.2, 0.25) is 0 Å². The van der Waals surface area contributed by atoms with E-state index in [1.807, 2.05) is 32.0 Å². The van der Waals surface area contributed by atoms with E-state index in [1.165, 1.54) is 0 Å². The topological polar surface area (TPSA) is 29.1 Å². The van der Waals surface area contributed by atoms with Gasteiger partial charge in [0.05, 0.1) is 4.99 Å². The molecular weight excluding hydrogens is 194 g/mol. The zero-order valence-electron chi connectivity index (χ0n) is 8.28. The van der Waals surface area contributed by atoms with Gasteiger partial charge in [-0.05, 0) is 12.1 Å². The number of hydrogen-bond acceptors (Lipinski definition) is 2. The lowest BCUT2D eigenvalue weighted by Gasteiger charge is -2.08. The molecule has 1 amide bonds. The minimum atomic E-state index is -0.135. The van der Waals surface area contributed by atoms with Gasteiger partial charge in [0.15, 0.2) is 0 Å². The second-order valence-electron chi connectivity index (χ2n) is 3.34. The van der Waals surface area contributed by atoms with Gasteiger partial charge in [0.1, 0.15) is 0 Å². The second kappa shape index (κ2) is 4.86. The molecule has 14 heavy (non-hydrogen) atoms. The maximum absolute atomic E-state index is 11.6. The Kier molecular flexibility index (Phi) is 3.77. The molecule has 0 fully saturated rings. The molecule has 0 bridgehead atoms. The van der Waals surface area contributed by atoms with Crippen LogP contribution in [0.15, 0.2) is 30.3 Å². The number of rotatable bonds is 2. The van der Waals surface area contributed by atoms with Crippen molar-refractivity contribution in [1.82, 2.24) is 5.32 Å². The van der Waals surface area contributed by atoms with Crippen LogP contribution >= 0.6 is 12.2 Å². The fourth-order valence-corrected chi connectivity index (χ4v) is 1.01. The third-order valence-corrected chi connectivity index (χ3v) is 2.37. The summed E-state index contributed by atoms with van der Waals surface area (Å²) >= 11 is 5.02. The van der Waals surface area contributed by atoms with Crippen LogP contribution in [0.25, 0.3) is 0 Å². The summed E-state index contributed by atoms with van der Waals surface area (Å²) in [5, 5.41) is 2.69. The third kappa shape index (κ3) is 2.92.